The first kappa shape index (κ1) is 20.1. The zero-order valence-electron chi connectivity index (χ0n) is 16.8. The van der Waals surface area contributed by atoms with E-state index in [4.69, 9.17) is 4.74 Å². The third kappa shape index (κ3) is 5.65. The molecule has 148 valence electrons. The Morgan fingerprint density at radius 1 is 1.00 bits per heavy atom. The highest BCUT2D eigenvalue weighted by Crippen LogP contribution is 2.15. The standard InChI is InChI=1S/C23H24N4O2/c1-16-4-7-20(14-17(16)2)26-23(25-15-18-10-12-24-13-11-18)27-22(28)19-5-8-21(29-3)9-6-19/h4-14H,15H2,1-3H3,(H2,25,26,27,28). The lowest BCUT2D eigenvalue weighted by atomic mass is 10.1. The quantitative estimate of drug-likeness (QED) is 0.510. The predicted molar refractivity (Wildman–Crippen MR) is 115 cm³/mol. The number of hydrogen-bond donors (Lipinski definition) is 2. The molecule has 0 atom stereocenters. The summed E-state index contributed by atoms with van der Waals surface area (Å²) in [6, 6.07) is 16.7. The number of nitrogens with one attached hydrogen (secondary N) is 2. The number of pyridine rings is 1. The number of aryl methyl sites for hydroxylation is 2. The fourth-order valence-electron chi connectivity index (χ4n) is 2.65. The number of ether oxygens (including phenoxy) is 1. The lowest BCUT2D eigenvalue weighted by molar-refractivity contribution is 0.0977. The van der Waals surface area contributed by atoms with E-state index >= 15 is 0 Å². The topological polar surface area (TPSA) is 75.6 Å². The molecule has 1 heterocycles. The molecule has 3 aromatic rings. The van der Waals surface area contributed by atoms with Gasteiger partial charge in [-0.1, -0.05) is 6.07 Å². The van der Waals surface area contributed by atoms with Crippen LogP contribution in [0.4, 0.5) is 5.69 Å². The van der Waals surface area contributed by atoms with E-state index < -0.39 is 0 Å². The van der Waals surface area contributed by atoms with Crippen LogP contribution in [0.5, 0.6) is 5.75 Å². The maximum Gasteiger partial charge on any atom is 0.257 e. The van der Waals surface area contributed by atoms with Crippen molar-refractivity contribution in [3.63, 3.8) is 0 Å². The van der Waals surface area contributed by atoms with Gasteiger partial charge in [0.1, 0.15) is 5.75 Å². The van der Waals surface area contributed by atoms with E-state index in [1.165, 1.54) is 5.56 Å². The fourth-order valence-corrected chi connectivity index (χ4v) is 2.65. The number of anilines is 1. The highest BCUT2D eigenvalue weighted by atomic mass is 16.5. The smallest absolute Gasteiger partial charge is 0.257 e. The first-order chi connectivity index (χ1) is 14.0. The highest BCUT2D eigenvalue weighted by Gasteiger charge is 2.10. The number of hydrogen-bond acceptors (Lipinski definition) is 4. The summed E-state index contributed by atoms with van der Waals surface area (Å²) in [4.78, 5) is 21.3. The molecule has 6 nitrogen and oxygen atoms in total. The number of amides is 1. The zero-order valence-corrected chi connectivity index (χ0v) is 16.8. The average Bonchev–Trinajstić information content (AvgIpc) is 2.75. The number of carbonyl (C=O) groups is 1. The van der Waals surface area contributed by atoms with E-state index in [-0.39, 0.29) is 5.91 Å². The van der Waals surface area contributed by atoms with E-state index in [0.717, 1.165) is 16.8 Å². The minimum atomic E-state index is -0.252. The summed E-state index contributed by atoms with van der Waals surface area (Å²) in [6.45, 7) is 4.52. The van der Waals surface area contributed by atoms with Gasteiger partial charge in [0.15, 0.2) is 0 Å². The van der Waals surface area contributed by atoms with Crippen molar-refractivity contribution in [3.05, 3.63) is 89.2 Å². The van der Waals surface area contributed by atoms with Gasteiger partial charge in [-0.3, -0.25) is 15.1 Å². The first-order valence-electron chi connectivity index (χ1n) is 9.28. The summed E-state index contributed by atoms with van der Waals surface area (Å²) >= 11 is 0. The van der Waals surface area contributed by atoms with Gasteiger partial charge in [-0.2, -0.15) is 0 Å². The van der Waals surface area contributed by atoms with Crippen molar-refractivity contribution >= 4 is 17.6 Å². The molecule has 0 aliphatic rings. The van der Waals surface area contributed by atoms with Crippen LogP contribution in [0.25, 0.3) is 0 Å². The summed E-state index contributed by atoms with van der Waals surface area (Å²) in [6.07, 6.45) is 3.44. The minimum absolute atomic E-state index is 0.252. The zero-order chi connectivity index (χ0) is 20.6. The number of nitrogens with zero attached hydrogens (tertiary/aromatic N) is 2. The van der Waals surface area contributed by atoms with Gasteiger partial charge < -0.3 is 10.1 Å². The molecular formula is C23H24N4O2. The van der Waals surface area contributed by atoms with Crippen molar-refractivity contribution in [2.24, 2.45) is 4.99 Å². The summed E-state index contributed by atoms with van der Waals surface area (Å²) in [5.41, 5.74) is 4.73. The van der Waals surface area contributed by atoms with Crippen LogP contribution in [0.3, 0.4) is 0 Å². The van der Waals surface area contributed by atoms with Crippen LogP contribution in [0.15, 0.2) is 72.0 Å². The average molecular weight is 388 g/mol. The fraction of sp³-hybridized carbons (Fsp3) is 0.174. The van der Waals surface area contributed by atoms with Crippen LogP contribution < -0.4 is 15.4 Å². The Balaban J connectivity index is 1.80. The maximum absolute atomic E-state index is 12.7. The van der Waals surface area contributed by atoms with E-state index in [1.807, 2.05) is 37.3 Å². The van der Waals surface area contributed by atoms with Crippen molar-refractivity contribution in [1.29, 1.82) is 0 Å². The second-order valence-corrected chi connectivity index (χ2v) is 6.63. The van der Waals surface area contributed by atoms with Gasteiger partial charge in [0.2, 0.25) is 5.96 Å². The van der Waals surface area contributed by atoms with Crippen LogP contribution in [-0.4, -0.2) is 24.0 Å². The first-order valence-corrected chi connectivity index (χ1v) is 9.28. The SMILES string of the molecule is COc1ccc(C(=O)NC(=NCc2ccncc2)Nc2ccc(C)c(C)c2)cc1. The number of guanidine groups is 1. The largest absolute Gasteiger partial charge is 0.497 e. The third-order valence-corrected chi connectivity index (χ3v) is 4.52. The normalized spacial score (nSPS) is 11.1. The molecule has 2 aromatic carbocycles. The molecule has 3 rings (SSSR count). The van der Waals surface area contributed by atoms with Crippen LogP contribution in [0.2, 0.25) is 0 Å². The maximum atomic E-state index is 12.7. The molecule has 0 aliphatic heterocycles. The Kier molecular flexibility index (Phi) is 6.58. The van der Waals surface area contributed by atoms with Crippen LogP contribution in [-0.2, 0) is 6.54 Å². The van der Waals surface area contributed by atoms with Crippen LogP contribution in [0, 0.1) is 13.8 Å². The van der Waals surface area contributed by atoms with E-state index in [0.29, 0.717) is 23.8 Å². The molecule has 29 heavy (non-hydrogen) atoms. The molecule has 0 saturated heterocycles. The number of carbonyl (C=O) groups excluding carboxylic acids is 1. The molecule has 0 unspecified atom stereocenters. The van der Waals surface area contributed by atoms with Gasteiger partial charge >= 0.3 is 0 Å². The lowest BCUT2D eigenvalue weighted by Crippen LogP contribution is -2.36. The molecule has 6 heteroatoms. The monoisotopic (exact) mass is 388 g/mol. The molecular weight excluding hydrogens is 364 g/mol. The van der Waals surface area contributed by atoms with E-state index in [1.54, 1.807) is 43.8 Å². The molecule has 1 amide bonds. The Bertz CT molecular complexity index is 999. The molecule has 0 spiro atoms. The number of rotatable bonds is 5. The predicted octanol–water partition coefficient (Wildman–Crippen LogP) is 4.11. The van der Waals surface area contributed by atoms with Gasteiger partial charge in [0.25, 0.3) is 5.91 Å². The molecule has 0 saturated carbocycles. The van der Waals surface area contributed by atoms with Crippen molar-refractivity contribution in [2.75, 3.05) is 12.4 Å². The van der Waals surface area contributed by atoms with Gasteiger partial charge in [-0.15, -0.1) is 0 Å². The second-order valence-electron chi connectivity index (χ2n) is 6.63. The molecule has 2 N–H and O–H groups in total. The van der Waals surface area contributed by atoms with Gasteiger partial charge in [0.05, 0.1) is 13.7 Å². The molecule has 0 aliphatic carbocycles. The van der Waals surface area contributed by atoms with Crippen molar-refractivity contribution in [1.82, 2.24) is 10.3 Å². The lowest BCUT2D eigenvalue weighted by Gasteiger charge is -2.13. The Morgan fingerprint density at radius 2 is 1.72 bits per heavy atom. The molecule has 0 bridgehead atoms. The van der Waals surface area contributed by atoms with Crippen LogP contribution in [0.1, 0.15) is 27.0 Å². The minimum Gasteiger partial charge on any atom is -0.497 e. The number of aliphatic imine (C=N–C) groups is 1. The highest BCUT2D eigenvalue weighted by molar-refractivity contribution is 6.10. The van der Waals surface area contributed by atoms with Gasteiger partial charge in [-0.25, -0.2) is 4.99 Å². The van der Waals surface area contributed by atoms with Crippen LogP contribution >= 0.6 is 0 Å². The summed E-state index contributed by atoms with van der Waals surface area (Å²) in [5, 5.41) is 6.09. The van der Waals surface area contributed by atoms with Crippen molar-refractivity contribution < 1.29 is 9.53 Å². The summed E-state index contributed by atoms with van der Waals surface area (Å²) in [7, 11) is 1.59. The number of benzene rings is 2. The Morgan fingerprint density at radius 3 is 2.38 bits per heavy atom. The molecule has 0 radical (unpaired) electrons. The van der Waals surface area contributed by atoms with Gasteiger partial charge in [0, 0.05) is 23.6 Å². The molecule has 1 aromatic heterocycles. The summed E-state index contributed by atoms with van der Waals surface area (Å²) in [5.74, 6) is 0.824. The Hall–Kier alpha value is -3.67. The Labute approximate surface area is 170 Å². The third-order valence-electron chi connectivity index (χ3n) is 4.52. The summed E-state index contributed by atoms with van der Waals surface area (Å²) < 4.78 is 5.14. The van der Waals surface area contributed by atoms with Crippen molar-refractivity contribution in [3.8, 4) is 5.75 Å². The van der Waals surface area contributed by atoms with E-state index in [2.05, 4.69) is 27.5 Å². The number of aromatic nitrogens is 1. The van der Waals surface area contributed by atoms with Gasteiger partial charge in [-0.05, 0) is 79.1 Å². The second kappa shape index (κ2) is 9.50. The van der Waals surface area contributed by atoms with Crippen molar-refractivity contribution in [2.45, 2.75) is 20.4 Å². The van der Waals surface area contributed by atoms with E-state index in [9.17, 15) is 4.79 Å². The number of methoxy groups -OCH3 is 1. The molecule has 0 fully saturated rings.